The van der Waals surface area contributed by atoms with E-state index in [9.17, 15) is 4.39 Å². The fraction of sp³-hybridized carbons (Fsp3) is 0.562. The predicted molar refractivity (Wildman–Crippen MR) is 82.8 cm³/mol. The molecule has 2 rings (SSSR count). The highest BCUT2D eigenvalue weighted by atomic mass is 35.5. The third-order valence-electron chi connectivity index (χ3n) is 4.57. The van der Waals surface area contributed by atoms with Crippen LogP contribution < -0.4 is 0 Å². The van der Waals surface area contributed by atoms with Crippen molar-refractivity contribution in [2.45, 2.75) is 58.4 Å². The van der Waals surface area contributed by atoms with Crippen molar-refractivity contribution in [3.63, 3.8) is 0 Å². The maximum absolute atomic E-state index is 13.8. The number of fused-ring (bicyclic) bond motifs is 1. The molecule has 0 amide bonds. The quantitative estimate of drug-likeness (QED) is 0.698. The number of rotatable bonds is 5. The standard InChI is InChI=1S/C16H22ClFN2/c1-5-16(6-2,7-3)20-14-8-11(4)12(18)9-13(14)19-15(20)10-17/h8-9H,5-7,10H2,1-4H3. The number of aromatic nitrogens is 2. The minimum absolute atomic E-state index is 0.00322. The second-order valence-electron chi connectivity index (χ2n) is 5.37. The molecule has 0 N–H and O–H groups in total. The van der Waals surface area contributed by atoms with Gasteiger partial charge in [0.15, 0.2) is 0 Å². The van der Waals surface area contributed by atoms with Gasteiger partial charge in [0.2, 0.25) is 0 Å². The maximum Gasteiger partial charge on any atom is 0.128 e. The minimum Gasteiger partial charge on any atom is -0.321 e. The van der Waals surface area contributed by atoms with Gasteiger partial charge in [0.25, 0.3) is 0 Å². The van der Waals surface area contributed by atoms with Crippen molar-refractivity contribution in [1.82, 2.24) is 9.55 Å². The van der Waals surface area contributed by atoms with Crippen molar-refractivity contribution in [1.29, 1.82) is 0 Å². The van der Waals surface area contributed by atoms with Crippen LogP contribution >= 0.6 is 11.6 Å². The van der Waals surface area contributed by atoms with Crippen LogP contribution in [-0.2, 0) is 11.4 Å². The number of hydrogen-bond acceptors (Lipinski definition) is 1. The number of benzene rings is 1. The number of imidazole rings is 1. The first kappa shape index (κ1) is 15.3. The Morgan fingerprint density at radius 2 is 1.80 bits per heavy atom. The molecule has 0 saturated carbocycles. The van der Waals surface area contributed by atoms with Crippen molar-refractivity contribution in [3.8, 4) is 0 Å². The third kappa shape index (κ3) is 2.22. The van der Waals surface area contributed by atoms with Crippen molar-refractivity contribution in [2.24, 2.45) is 0 Å². The monoisotopic (exact) mass is 296 g/mol. The molecule has 110 valence electrons. The molecule has 0 radical (unpaired) electrons. The lowest BCUT2D eigenvalue weighted by atomic mass is 9.89. The molecule has 1 heterocycles. The Morgan fingerprint density at radius 3 is 2.30 bits per heavy atom. The summed E-state index contributed by atoms with van der Waals surface area (Å²) in [6, 6.07) is 3.41. The first-order chi connectivity index (χ1) is 9.52. The van der Waals surface area contributed by atoms with Gasteiger partial charge in [-0.3, -0.25) is 0 Å². The summed E-state index contributed by atoms with van der Waals surface area (Å²) < 4.78 is 16.0. The summed E-state index contributed by atoms with van der Waals surface area (Å²) in [6.07, 6.45) is 3.02. The molecule has 0 saturated heterocycles. The summed E-state index contributed by atoms with van der Waals surface area (Å²) in [5, 5.41) is 0. The minimum atomic E-state index is -0.210. The molecule has 1 aromatic carbocycles. The number of nitrogens with zero attached hydrogens (tertiary/aromatic N) is 2. The fourth-order valence-electron chi connectivity index (χ4n) is 3.10. The van der Waals surface area contributed by atoms with Gasteiger partial charge in [-0.25, -0.2) is 9.37 Å². The first-order valence-electron chi connectivity index (χ1n) is 7.26. The van der Waals surface area contributed by atoms with Crippen LogP contribution in [0, 0.1) is 12.7 Å². The van der Waals surface area contributed by atoms with Gasteiger partial charge in [-0.2, -0.15) is 0 Å². The van der Waals surface area contributed by atoms with Gasteiger partial charge in [-0.15, -0.1) is 11.6 Å². The van der Waals surface area contributed by atoms with Gasteiger partial charge >= 0.3 is 0 Å². The summed E-state index contributed by atoms with van der Waals surface area (Å²) in [7, 11) is 0. The lowest BCUT2D eigenvalue weighted by Gasteiger charge is -2.34. The summed E-state index contributed by atoms with van der Waals surface area (Å²) in [6.45, 7) is 8.35. The molecule has 0 unspecified atom stereocenters. The Labute approximate surface area is 125 Å². The zero-order valence-electron chi connectivity index (χ0n) is 12.6. The van der Waals surface area contributed by atoms with E-state index in [1.807, 2.05) is 6.07 Å². The van der Waals surface area contributed by atoms with Crippen LogP contribution in [0.3, 0.4) is 0 Å². The van der Waals surface area contributed by atoms with Crippen molar-refractivity contribution in [3.05, 3.63) is 29.3 Å². The van der Waals surface area contributed by atoms with Crippen LogP contribution in [0.1, 0.15) is 51.4 Å². The highest BCUT2D eigenvalue weighted by Crippen LogP contribution is 2.35. The molecule has 20 heavy (non-hydrogen) atoms. The molecule has 0 fully saturated rings. The van der Waals surface area contributed by atoms with E-state index in [-0.39, 0.29) is 11.4 Å². The fourth-order valence-corrected chi connectivity index (χ4v) is 3.28. The molecule has 0 aliphatic rings. The average Bonchev–Trinajstić information content (AvgIpc) is 2.81. The van der Waals surface area contributed by atoms with Gasteiger partial charge < -0.3 is 4.57 Å². The second kappa shape index (κ2) is 5.72. The summed E-state index contributed by atoms with van der Waals surface area (Å²) in [5.74, 6) is 0.965. The topological polar surface area (TPSA) is 17.8 Å². The summed E-state index contributed by atoms with van der Waals surface area (Å²) in [4.78, 5) is 4.53. The van der Waals surface area contributed by atoms with Crippen LogP contribution in [0.25, 0.3) is 11.0 Å². The molecule has 0 atom stereocenters. The molecule has 2 nitrogen and oxygen atoms in total. The molecule has 0 aliphatic heterocycles. The van der Waals surface area contributed by atoms with E-state index in [2.05, 4.69) is 30.3 Å². The Morgan fingerprint density at radius 1 is 1.20 bits per heavy atom. The molecule has 1 aromatic heterocycles. The van der Waals surface area contributed by atoms with Gasteiger partial charge in [-0.1, -0.05) is 20.8 Å². The second-order valence-corrected chi connectivity index (χ2v) is 5.64. The largest absolute Gasteiger partial charge is 0.321 e. The molecule has 0 spiro atoms. The van der Waals surface area contributed by atoms with Crippen LogP contribution in [0.2, 0.25) is 0 Å². The van der Waals surface area contributed by atoms with E-state index in [1.165, 1.54) is 6.07 Å². The highest BCUT2D eigenvalue weighted by Gasteiger charge is 2.30. The number of alkyl halides is 1. The molecular weight excluding hydrogens is 275 g/mol. The van der Waals surface area contributed by atoms with Crippen molar-refractivity contribution < 1.29 is 4.39 Å². The number of hydrogen-bond donors (Lipinski definition) is 0. The van der Waals surface area contributed by atoms with Crippen LogP contribution in [-0.4, -0.2) is 9.55 Å². The highest BCUT2D eigenvalue weighted by molar-refractivity contribution is 6.16. The maximum atomic E-state index is 13.8. The molecular formula is C16H22ClFN2. The first-order valence-corrected chi connectivity index (χ1v) is 7.80. The Kier molecular flexibility index (Phi) is 4.38. The van der Waals surface area contributed by atoms with E-state index < -0.39 is 0 Å². The SMILES string of the molecule is CCC(CC)(CC)n1c(CCl)nc2cc(F)c(C)cc21. The van der Waals surface area contributed by atoms with Crippen LogP contribution in [0.4, 0.5) is 4.39 Å². The zero-order chi connectivity index (χ0) is 14.9. The average molecular weight is 297 g/mol. The predicted octanol–water partition coefficient (Wildman–Crippen LogP) is 5.15. The van der Waals surface area contributed by atoms with Gasteiger partial charge in [-0.05, 0) is 37.8 Å². The Balaban J connectivity index is 2.82. The zero-order valence-corrected chi connectivity index (χ0v) is 13.4. The molecule has 4 heteroatoms. The van der Waals surface area contributed by atoms with Crippen LogP contribution in [0.15, 0.2) is 12.1 Å². The van der Waals surface area contributed by atoms with Crippen molar-refractivity contribution >= 4 is 22.6 Å². The smallest absolute Gasteiger partial charge is 0.128 e. The van der Waals surface area contributed by atoms with Gasteiger partial charge in [0, 0.05) is 11.6 Å². The van der Waals surface area contributed by atoms with E-state index in [0.29, 0.717) is 17.0 Å². The van der Waals surface area contributed by atoms with E-state index in [4.69, 9.17) is 11.6 Å². The van der Waals surface area contributed by atoms with Crippen molar-refractivity contribution in [2.75, 3.05) is 0 Å². The lowest BCUT2D eigenvalue weighted by molar-refractivity contribution is 0.252. The summed E-state index contributed by atoms with van der Waals surface area (Å²) in [5.41, 5.74) is 2.34. The molecule has 0 aliphatic carbocycles. The van der Waals surface area contributed by atoms with Gasteiger partial charge in [0.05, 0.1) is 16.9 Å². The Bertz CT molecular complexity index is 606. The third-order valence-corrected chi connectivity index (χ3v) is 4.81. The lowest BCUT2D eigenvalue weighted by Crippen LogP contribution is -2.32. The Hall–Kier alpha value is -1.09. The van der Waals surface area contributed by atoms with E-state index in [1.54, 1.807) is 6.92 Å². The molecule has 2 aromatic rings. The van der Waals surface area contributed by atoms with Crippen LogP contribution in [0.5, 0.6) is 0 Å². The normalized spacial score (nSPS) is 12.3. The number of aryl methyl sites for hydroxylation is 1. The van der Waals surface area contributed by atoms with E-state index in [0.717, 1.165) is 30.6 Å². The summed E-state index contributed by atoms with van der Waals surface area (Å²) >= 11 is 6.08. The molecule has 0 bridgehead atoms. The van der Waals surface area contributed by atoms with E-state index >= 15 is 0 Å². The van der Waals surface area contributed by atoms with Gasteiger partial charge in [0.1, 0.15) is 11.6 Å². The number of halogens is 2.